The number of nitrogens with one attached hydrogen (secondary N) is 3. The van der Waals surface area contributed by atoms with Crippen LogP contribution in [0.25, 0.3) is 0 Å². The summed E-state index contributed by atoms with van der Waals surface area (Å²) in [6.45, 7) is 1.90. The van der Waals surface area contributed by atoms with Crippen LogP contribution in [0.15, 0.2) is 41.6 Å². The molecule has 0 radical (unpaired) electrons. The predicted octanol–water partition coefficient (Wildman–Crippen LogP) is 0.524. The van der Waals surface area contributed by atoms with Crippen LogP contribution in [-0.4, -0.2) is 24.3 Å². The molecular weight excluding hydrogens is 292 g/mol. The van der Waals surface area contributed by atoms with Crippen LogP contribution in [0.4, 0.5) is 0 Å². The first kappa shape index (κ1) is 15.2. The fourth-order valence-electron chi connectivity index (χ4n) is 1.65. The Morgan fingerprint density at radius 3 is 2.52 bits per heavy atom. The van der Waals surface area contributed by atoms with Crippen LogP contribution in [0.2, 0.25) is 0 Å². The molecule has 2 aromatic rings. The van der Waals surface area contributed by atoms with E-state index in [0.717, 1.165) is 5.56 Å². The van der Waals surface area contributed by atoms with E-state index in [1.165, 1.54) is 19.1 Å². The average molecular weight is 308 g/mol. The van der Waals surface area contributed by atoms with Crippen LogP contribution in [0.1, 0.15) is 18.3 Å². The van der Waals surface area contributed by atoms with E-state index in [-0.39, 0.29) is 17.3 Å². The molecule has 2 rings (SSSR count). The smallest absolute Gasteiger partial charge is 0.240 e. The molecule has 7 nitrogen and oxygen atoms in total. The number of hydrogen-bond acceptors (Lipinski definition) is 4. The van der Waals surface area contributed by atoms with Gasteiger partial charge in [0.15, 0.2) is 0 Å². The zero-order chi connectivity index (χ0) is 15.3. The number of nitrogens with zero attached hydrogens (tertiary/aromatic N) is 1. The highest BCUT2D eigenvalue weighted by Crippen LogP contribution is 2.11. The van der Waals surface area contributed by atoms with Crippen LogP contribution in [0.3, 0.4) is 0 Å². The van der Waals surface area contributed by atoms with Crippen molar-refractivity contribution in [2.24, 2.45) is 0 Å². The fourth-order valence-corrected chi connectivity index (χ4v) is 2.64. The van der Waals surface area contributed by atoms with Gasteiger partial charge < -0.3 is 10.3 Å². The molecule has 0 aliphatic rings. The number of benzene rings is 1. The molecule has 21 heavy (non-hydrogen) atoms. The van der Waals surface area contributed by atoms with Crippen molar-refractivity contribution in [3.63, 3.8) is 0 Å². The van der Waals surface area contributed by atoms with Gasteiger partial charge >= 0.3 is 0 Å². The van der Waals surface area contributed by atoms with Gasteiger partial charge in [-0.1, -0.05) is 12.1 Å². The molecule has 1 amide bonds. The van der Waals surface area contributed by atoms with Crippen molar-refractivity contribution in [2.45, 2.75) is 24.9 Å². The quantitative estimate of drug-likeness (QED) is 0.724. The summed E-state index contributed by atoms with van der Waals surface area (Å²) in [5, 5.41) is 2.65. The summed E-state index contributed by atoms with van der Waals surface area (Å²) >= 11 is 0. The maximum absolute atomic E-state index is 12.1. The van der Waals surface area contributed by atoms with Gasteiger partial charge in [-0.05, 0) is 17.7 Å². The van der Waals surface area contributed by atoms with Gasteiger partial charge in [-0.25, -0.2) is 18.1 Å². The number of hydrogen-bond donors (Lipinski definition) is 3. The van der Waals surface area contributed by atoms with Crippen LogP contribution >= 0.6 is 0 Å². The summed E-state index contributed by atoms with van der Waals surface area (Å²) in [5.74, 6) is 0.410. The third-order valence-electron chi connectivity index (χ3n) is 2.76. The number of aromatic amines is 1. The zero-order valence-corrected chi connectivity index (χ0v) is 12.3. The highest BCUT2D eigenvalue weighted by Gasteiger charge is 2.13. The maximum Gasteiger partial charge on any atom is 0.240 e. The summed E-state index contributed by atoms with van der Waals surface area (Å²) in [6, 6.07) is 6.33. The van der Waals surface area contributed by atoms with Gasteiger partial charge in [-0.15, -0.1) is 0 Å². The summed E-state index contributed by atoms with van der Waals surface area (Å²) in [5.41, 5.74) is 0.829. The van der Waals surface area contributed by atoms with E-state index in [0.29, 0.717) is 12.4 Å². The van der Waals surface area contributed by atoms with Crippen molar-refractivity contribution >= 4 is 15.9 Å². The van der Waals surface area contributed by atoms with E-state index in [9.17, 15) is 13.2 Å². The second-order valence-corrected chi connectivity index (χ2v) is 6.18. The molecular formula is C13H16N4O3S. The highest BCUT2D eigenvalue weighted by atomic mass is 32.2. The lowest BCUT2D eigenvalue weighted by atomic mass is 10.2. The van der Waals surface area contributed by atoms with Crippen molar-refractivity contribution < 1.29 is 13.2 Å². The number of carbonyl (C=O) groups is 1. The maximum atomic E-state index is 12.1. The van der Waals surface area contributed by atoms with Crippen molar-refractivity contribution in [3.8, 4) is 0 Å². The molecule has 3 N–H and O–H groups in total. The van der Waals surface area contributed by atoms with Crippen molar-refractivity contribution in [1.29, 1.82) is 0 Å². The SMILES string of the molecule is CC(=O)NCc1ccc(S(=O)(=O)NCc2ncc[nH]2)cc1. The van der Waals surface area contributed by atoms with Crippen LogP contribution < -0.4 is 10.0 Å². The molecule has 0 unspecified atom stereocenters. The lowest BCUT2D eigenvalue weighted by Gasteiger charge is -2.07. The highest BCUT2D eigenvalue weighted by molar-refractivity contribution is 7.89. The second-order valence-electron chi connectivity index (χ2n) is 4.41. The Morgan fingerprint density at radius 1 is 1.24 bits per heavy atom. The summed E-state index contributed by atoms with van der Waals surface area (Å²) in [6.07, 6.45) is 3.18. The first-order chi connectivity index (χ1) is 9.97. The number of imidazole rings is 1. The van der Waals surface area contributed by atoms with Crippen LogP contribution in [-0.2, 0) is 27.9 Å². The van der Waals surface area contributed by atoms with Gasteiger partial charge in [-0.3, -0.25) is 4.79 Å². The fraction of sp³-hybridized carbons (Fsp3) is 0.231. The van der Waals surface area contributed by atoms with Crippen molar-refractivity contribution in [1.82, 2.24) is 20.0 Å². The molecule has 0 fully saturated rings. The largest absolute Gasteiger partial charge is 0.352 e. The van der Waals surface area contributed by atoms with Gasteiger partial charge in [0.2, 0.25) is 15.9 Å². The Kier molecular flexibility index (Phi) is 4.71. The van der Waals surface area contributed by atoms with Gasteiger partial charge in [0, 0.05) is 25.9 Å². The molecule has 1 aromatic carbocycles. The van der Waals surface area contributed by atoms with Gasteiger partial charge in [0.25, 0.3) is 0 Å². The minimum Gasteiger partial charge on any atom is -0.352 e. The molecule has 0 aliphatic carbocycles. The first-order valence-corrected chi connectivity index (χ1v) is 7.77. The van der Waals surface area contributed by atoms with Crippen LogP contribution in [0.5, 0.6) is 0 Å². The summed E-state index contributed by atoms with van der Waals surface area (Å²) < 4.78 is 26.6. The third-order valence-corrected chi connectivity index (χ3v) is 4.18. The Hall–Kier alpha value is -2.19. The first-order valence-electron chi connectivity index (χ1n) is 6.29. The number of rotatable bonds is 6. The monoisotopic (exact) mass is 308 g/mol. The predicted molar refractivity (Wildman–Crippen MR) is 76.6 cm³/mol. The summed E-state index contributed by atoms with van der Waals surface area (Å²) in [7, 11) is -3.58. The van der Waals surface area contributed by atoms with Gasteiger partial charge in [0.1, 0.15) is 5.82 Å². The zero-order valence-electron chi connectivity index (χ0n) is 11.5. The molecule has 112 valence electrons. The van der Waals surface area contributed by atoms with Crippen molar-refractivity contribution in [3.05, 3.63) is 48.0 Å². The molecule has 0 spiro atoms. The number of carbonyl (C=O) groups excluding carboxylic acids is 1. The van der Waals surface area contributed by atoms with Gasteiger partial charge in [-0.2, -0.15) is 0 Å². The molecule has 0 atom stereocenters. The number of H-pyrrole nitrogens is 1. The number of sulfonamides is 1. The van der Waals surface area contributed by atoms with E-state index < -0.39 is 10.0 Å². The second kappa shape index (κ2) is 6.51. The van der Waals surface area contributed by atoms with E-state index in [2.05, 4.69) is 20.0 Å². The van der Waals surface area contributed by atoms with E-state index in [4.69, 9.17) is 0 Å². The normalized spacial score (nSPS) is 11.3. The Balaban J connectivity index is 2.01. The molecule has 1 heterocycles. The van der Waals surface area contributed by atoms with Crippen molar-refractivity contribution in [2.75, 3.05) is 0 Å². The molecule has 0 saturated carbocycles. The lowest BCUT2D eigenvalue weighted by Crippen LogP contribution is -2.24. The van der Waals surface area contributed by atoms with Crippen LogP contribution in [0, 0.1) is 0 Å². The Morgan fingerprint density at radius 2 is 1.95 bits per heavy atom. The summed E-state index contributed by atoms with van der Waals surface area (Å²) in [4.78, 5) is 17.7. The average Bonchev–Trinajstić information content (AvgIpc) is 2.97. The van der Waals surface area contributed by atoms with E-state index in [1.807, 2.05) is 0 Å². The molecule has 0 bridgehead atoms. The Labute approximate surface area is 122 Å². The third kappa shape index (κ3) is 4.40. The van der Waals surface area contributed by atoms with Gasteiger partial charge in [0.05, 0.1) is 11.4 Å². The van der Waals surface area contributed by atoms with E-state index >= 15 is 0 Å². The molecule has 0 saturated heterocycles. The molecule has 0 aliphatic heterocycles. The molecule has 1 aromatic heterocycles. The minimum absolute atomic E-state index is 0.100. The minimum atomic E-state index is -3.58. The molecule has 8 heteroatoms. The number of amides is 1. The lowest BCUT2D eigenvalue weighted by molar-refractivity contribution is -0.119. The number of aromatic nitrogens is 2. The van der Waals surface area contributed by atoms with E-state index in [1.54, 1.807) is 24.5 Å². The standard InChI is InChI=1S/C13H16N4O3S/c1-10(18)16-8-11-2-4-12(5-3-11)21(19,20)17-9-13-14-6-7-15-13/h2-7,17H,8-9H2,1H3,(H,14,15)(H,16,18). The Bertz CT molecular complexity index is 694. The topological polar surface area (TPSA) is 104 Å².